The summed E-state index contributed by atoms with van der Waals surface area (Å²) in [5.74, 6) is -0.0271. The minimum atomic E-state index is -0.0271. The average Bonchev–Trinajstić information content (AvgIpc) is 2.50. The number of hydrogen-bond donors (Lipinski definition) is 0. The van der Waals surface area contributed by atoms with Gasteiger partial charge >= 0.3 is 0 Å². The van der Waals surface area contributed by atoms with E-state index in [1.807, 2.05) is 30.3 Å². The summed E-state index contributed by atoms with van der Waals surface area (Å²) in [5.41, 5.74) is 1.11. The normalized spacial score (nSPS) is 12.2. The summed E-state index contributed by atoms with van der Waals surface area (Å²) in [7, 11) is 0. The van der Waals surface area contributed by atoms with Crippen LogP contribution in [0.2, 0.25) is 0 Å². The van der Waals surface area contributed by atoms with Crippen molar-refractivity contribution in [1.29, 1.82) is 0 Å². The van der Waals surface area contributed by atoms with Crippen molar-refractivity contribution in [1.82, 2.24) is 0 Å². The summed E-state index contributed by atoms with van der Waals surface area (Å²) < 4.78 is 0. The average molecular weight is 273 g/mol. The molecular formula is C19H29O. The smallest absolute Gasteiger partial charge is 0.206 e. The van der Waals surface area contributed by atoms with Crippen LogP contribution < -0.4 is 0 Å². The molecule has 0 aliphatic heterocycles. The summed E-state index contributed by atoms with van der Waals surface area (Å²) in [6.07, 6.45) is 15.1. The fourth-order valence-corrected chi connectivity index (χ4v) is 2.64. The van der Waals surface area contributed by atoms with Gasteiger partial charge in [-0.1, -0.05) is 95.0 Å². The zero-order valence-corrected chi connectivity index (χ0v) is 12.9. The monoisotopic (exact) mass is 273 g/mol. The van der Waals surface area contributed by atoms with Crippen molar-refractivity contribution in [2.24, 2.45) is 0 Å². The van der Waals surface area contributed by atoms with Crippen LogP contribution in [0.5, 0.6) is 0 Å². The van der Waals surface area contributed by atoms with Gasteiger partial charge in [0, 0.05) is 0 Å². The Balaban J connectivity index is 2.04. The maximum Gasteiger partial charge on any atom is 0.206 e. The van der Waals surface area contributed by atoms with Crippen molar-refractivity contribution in [3.8, 4) is 0 Å². The van der Waals surface area contributed by atoms with Gasteiger partial charge in [-0.2, -0.15) is 0 Å². The van der Waals surface area contributed by atoms with Gasteiger partial charge in [0.05, 0.1) is 5.92 Å². The van der Waals surface area contributed by atoms with E-state index in [4.69, 9.17) is 0 Å². The largest absolute Gasteiger partial charge is 0.290 e. The zero-order chi connectivity index (χ0) is 14.5. The molecule has 1 aromatic rings. The van der Waals surface area contributed by atoms with Crippen LogP contribution in [-0.2, 0) is 4.79 Å². The highest BCUT2D eigenvalue weighted by Gasteiger charge is 2.10. The molecule has 0 amide bonds. The number of benzene rings is 1. The Kier molecular flexibility index (Phi) is 9.91. The fourth-order valence-electron chi connectivity index (χ4n) is 2.64. The van der Waals surface area contributed by atoms with Gasteiger partial charge < -0.3 is 0 Å². The standard InChI is InChI=1S/C19H29O/c1-2-3-4-5-6-7-8-9-11-16-19(17-20)18-14-12-10-13-15-18/h10,12-15,19H,2-9,11,16H2,1H3. The Labute approximate surface area is 124 Å². The molecule has 0 aliphatic carbocycles. The molecule has 1 atom stereocenters. The molecule has 0 saturated heterocycles. The molecule has 0 aliphatic rings. The van der Waals surface area contributed by atoms with Crippen LogP contribution in [-0.4, -0.2) is 6.29 Å². The zero-order valence-electron chi connectivity index (χ0n) is 12.9. The third-order valence-corrected chi connectivity index (χ3v) is 3.94. The van der Waals surface area contributed by atoms with Gasteiger partial charge in [0.2, 0.25) is 6.29 Å². The molecule has 0 saturated carbocycles. The first-order chi connectivity index (χ1) is 9.88. The predicted molar refractivity (Wildman–Crippen MR) is 86.7 cm³/mol. The maximum absolute atomic E-state index is 11.0. The van der Waals surface area contributed by atoms with Crippen molar-refractivity contribution < 1.29 is 4.79 Å². The van der Waals surface area contributed by atoms with E-state index in [1.165, 1.54) is 51.4 Å². The molecule has 0 spiro atoms. The third-order valence-electron chi connectivity index (χ3n) is 3.94. The van der Waals surface area contributed by atoms with Gasteiger partial charge in [-0.25, -0.2) is 0 Å². The molecule has 0 N–H and O–H groups in total. The third kappa shape index (κ3) is 7.47. The quantitative estimate of drug-likeness (QED) is 0.440. The van der Waals surface area contributed by atoms with Crippen molar-refractivity contribution in [2.75, 3.05) is 0 Å². The van der Waals surface area contributed by atoms with E-state index >= 15 is 0 Å². The number of unbranched alkanes of at least 4 members (excludes halogenated alkanes) is 8. The van der Waals surface area contributed by atoms with Crippen LogP contribution in [0.4, 0.5) is 0 Å². The van der Waals surface area contributed by atoms with Crippen LogP contribution in [0.25, 0.3) is 0 Å². The van der Waals surface area contributed by atoms with Crippen LogP contribution in [0.3, 0.4) is 0 Å². The van der Waals surface area contributed by atoms with Gasteiger partial charge in [0.1, 0.15) is 0 Å². The molecule has 0 aromatic heterocycles. The molecule has 0 heterocycles. The van der Waals surface area contributed by atoms with Crippen molar-refractivity contribution in [3.05, 3.63) is 35.9 Å². The Bertz CT molecular complexity index is 331. The number of rotatable bonds is 12. The fraction of sp³-hybridized carbons (Fsp3) is 0.632. The second-order valence-electron chi connectivity index (χ2n) is 5.70. The molecule has 1 unspecified atom stereocenters. The Hall–Kier alpha value is -1.11. The lowest BCUT2D eigenvalue weighted by molar-refractivity contribution is 0.520. The van der Waals surface area contributed by atoms with Crippen molar-refractivity contribution in [3.63, 3.8) is 0 Å². The molecule has 1 radical (unpaired) electrons. The van der Waals surface area contributed by atoms with Gasteiger partial charge in [-0.3, -0.25) is 4.79 Å². The van der Waals surface area contributed by atoms with Crippen molar-refractivity contribution >= 4 is 6.29 Å². The second-order valence-corrected chi connectivity index (χ2v) is 5.70. The second kappa shape index (κ2) is 11.7. The topological polar surface area (TPSA) is 17.1 Å². The lowest BCUT2D eigenvalue weighted by atomic mass is 9.94. The van der Waals surface area contributed by atoms with Gasteiger partial charge in [0.15, 0.2) is 0 Å². The van der Waals surface area contributed by atoms with Crippen LogP contribution in [0, 0.1) is 0 Å². The van der Waals surface area contributed by atoms with E-state index < -0.39 is 0 Å². The first-order valence-corrected chi connectivity index (χ1v) is 8.31. The highest BCUT2D eigenvalue weighted by molar-refractivity contribution is 5.62. The van der Waals surface area contributed by atoms with E-state index in [0.717, 1.165) is 18.4 Å². The SMILES string of the molecule is CCCCCCCCCCCC([C]=O)c1ccccc1. The predicted octanol–water partition coefficient (Wildman–Crippen LogP) is 5.80. The molecule has 0 fully saturated rings. The van der Waals surface area contributed by atoms with Gasteiger partial charge in [-0.15, -0.1) is 0 Å². The first-order valence-electron chi connectivity index (χ1n) is 8.31. The highest BCUT2D eigenvalue weighted by Crippen LogP contribution is 2.20. The number of hydrogen-bond acceptors (Lipinski definition) is 1. The molecule has 1 nitrogen and oxygen atoms in total. The van der Waals surface area contributed by atoms with Crippen LogP contribution in [0.15, 0.2) is 30.3 Å². The van der Waals surface area contributed by atoms with Crippen molar-refractivity contribution in [2.45, 2.75) is 77.0 Å². The molecule has 1 aromatic carbocycles. The summed E-state index contributed by atoms with van der Waals surface area (Å²) >= 11 is 0. The van der Waals surface area contributed by atoms with Crippen LogP contribution >= 0.6 is 0 Å². The van der Waals surface area contributed by atoms with E-state index in [2.05, 4.69) is 13.2 Å². The molecule has 111 valence electrons. The first kappa shape index (κ1) is 16.9. The maximum atomic E-state index is 11.0. The minimum absolute atomic E-state index is 0.0271. The minimum Gasteiger partial charge on any atom is -0.290 e. The molecule has 1 heteroatoms. The van der Waals surface area contributed by atoms with Gasteiger partial charge in [-0.05, 0) is 12.0 Å². The summed E-state index contributed by atoms with van der Waals surface area (Å²) in [6.45, 7) is 2.26. The summed E-state index contributed by atoms with van der Waals surface area (Å²) in [6, 6.07) is 10.0. The van der Waals surface area contributed by atoms with E-state index in [1.54, 1.807) is 0 Å². The Morgan fingerprint density at radius 3 is 1.95 bits per heavy atom. The Morgan fingerprint density at radius 2 is 1.40 bits per heavy atom. The Morgan fingerprint density at radius 1 is 0.850 bits per heavy atom. The summed E-state index contributed by atoms with van der Waals surface area (Å²) in [4.78, 5) is 11.0. The van der Waals surface area contributed by atoms with Crippen LogP contribution in [0.1, 0.15) is 82.6 Å². The van der Waals surface area contributed by atoms with E-state index in [0.29, 0.717) is 0 Å². The molecule has 20 heavy (non-hydrogen) atoms. The molecular weight excluding hydrogens is 244 g/mol. The lowest BCUT2D eigenvalue weighted by Gasteiger charge is -2.09. The van der Waals surface area contributed by atoms with E-state index in [9.17, 15) is 4.79 Å². The molecule has 1 rings (SSSR count). The molecule has 0 bridgehead atoms. The van der Waals surface area contributed by atoms with E-state index in [-0.39, 0.29) is 5.92 Å². The lowest BCUT2D eigenvalue weighted by Crippen LogP contribution is -1.99. The number of carbonyl (C=O) groups excluding carboxylic acids is 1. The highest BCUT2D eigenvalue weighted by atomic mass is 16.1. The summed E-state index contributed by atoms with van der Waals surface area (Å²) in [5, 5.41) is 0. The van der Waals surface area contributed by atoms with Gasteiger partial charge in [0.25, 0.3) is 0 Å².